The summed E-state index contributed by atoms with van der Waals surface area (Å²) in [7, 11) is 0. The van der Waals surface area contributed by atoms with E-state index in [-0.39, 0.29) is 23.3 Å². The molecule has 1 aliphatic rings. The Morgan fingerprint density at radius 2 is 1.89 bits per heavy atom. The third-order valence-electron chi connectivity index (χ3n) is 4.52. The van der Waals surface area contributed by atoms with Crippen LogP contribution in [0.2, 0.25) is 0 Å². The third-order valence-corrected chi connectivity index (χ3v) is 5.44. The van der Waals surface area contributed by atoms with Gasteiger partial charge in [0.1, 0.15) is 0 Å². The Morgan fingerprint density at radius 3 is 2.61 bits per heavy atom. The molecular formula is C20H18N4O3S. The molecule has 3 amide bonds. The summed E-state index contributed by atoms with van der Waals surface area (Å²) < 4.78 is 1.52. The molecule has 2 heterocycles. The van der Waals surface area contributed by atoms with E-state index in [2.05, 4.69) is 10.3 Å². The maximum atomic E-state index is 13.1. The second kappa shape index (κ2) is 7.47. The lowest BCUT2D eigenvalue weighted by Crippen LogP contribution is -2.35. The van der Waals surface area contributed by atoms with Crippen LogP contribution in [0.5, 0.6) is 0 Å². The minimum Gasteiger partial charge on any atom is -0.336 e. The largest absolute Gasteiger partial charge is 0.336 e. The molecule has 8 heteroatoms. The van der Waals surface area contributed by atoms with E-state index in [1.807, 2.05) is 37.3 Å². The van der Waals surface area contributed by atoms with Gasteiger partial charge >= 0.3 is 6.03 Å². The van der Waals surface area contributed by atoms with Crippen LogP contribution in [-0.4, -0.2) is 45.2 Å². The monoisotopic (exact) mass is 394 g/mol. The van der Waals surface area contributed by atoms with Gasteiger partial charge in [-0.3, -0.25) is 19.1 Å². The van der Waals surface area contributed by atoms with E-state index in [1.165, 1.54) is 9.47 Å². The number of fused-ring (bicyclic) bond motifs is 1. The predicted molar refractivity (Wildman–Crippen MR) is 108 cm³/mol. The third kappa shape index (κ3) is 3.38. The maximum absolute atomic E-state index is 13.1. The minimum absolute atomic E-state index is 0.0179. The highest BCUT2D eigenvalue weighted by molar-refractivity contribution is 7.99. The Kier molecular flexibility index (Phi) is 4.87. The fourth-order valence-electron chi connectivity index (χ4n) is 3.04. The van der Waals surface area contributed by atoms with E-state index in [0.29, 0.717) is 34.8 Å². The van der Waals surface area contributed by atoms with Crippen molar-refractivity contribution in [2.45, 2.75) is 12.1 Å². The quantitative estimate of drug-likeness (QED) is 0.542. The first-order chi connectivity index (χ1) is 13.5. The van der Waals surface area contributed by atoms with Crippen LogP contribution in [0.25, 0.3) is 16.6 Å². The van der Waals surface area contributed by atoms with Crippen LogP contribution in [0.15, 0.2) is 58.5 Å². The highest BCUT2D eigenvalue weighted by atomic mass is 32.2. The number of thioether (sulfide) groups is 1. The number of amides is 3. The summed E-state index contributed by atoms with van der Waals surface area (Å²) in [5.74, 6) is -0.290. The standard InChI is InChI=1S/C20H18N4O3S/c1-13-6-8-14(9-7-13)24-18(26)15-4-2-3-5-16(15)22-20(24)28-12-17(25)23-11-10-21-19(23)27/h2-9H,10-12H2,1H3,(H,21,27). The number of hydrogen-bond acceptors (Lipinski definition) is 5. The van der Waals surface area contributed by atoms with E-state index >= 15 is 0 Å². The van der Waals surface area contributed by atoms with Crippen molar-refractivity contribution in [2.75, 3.05) is 18.8 Å². The number of urea groups is 1. The fourth-order valence-corrected chi connectivity index (χ4v) is 3.93. The number of hydrogen-bond donors (Lipinski definition) is 1. The number of benzene rings is 2. The smallest absolute Gasteiger partial charge is 0.324 e. The highest BCUT2D eigenvalue weighted by Crippen LogP contribution is 2.22. The molecule has 0 radical (unpaired) electrons. The van der Waals surface area contributed by atoms with Crippen LogP contribution in [0.4, 0.5) is 4.79 Å². The minimum atomic E-state index is -0.381. The molecule has 0 bridgehead atoms. The number of aromatic nitrogens is 2. The van der Waals surface area contributed by atoms with Gasteiger partial charge in [-0.2, -0.15) is 0 Å². The molecule has 0 aliphatic carbocycles. The maximum Gasteiger partial charge on any atom is 0.324 e. The van der Waals surface area contributed by atoms with Crippen LogP contribution in [0.3, 0.4) is 0 Å². The van der Waals surface area contributed by atoms with E-state index in [9.17, 15) is 14.4 Å². The zero-order valence-electron chi connectivity index (χ0n) is 15.2. The lowest BCUT2D eigenvalue weighted by molar-refractivity contribution is -0.124. The van der Waals surface area contributed by atoms with Gasteiger partial charge in [-0.05, 0) is 31.2 Å². The van der Waals surface area contributed by atoms with Gasteiger partial charge in [0.15, 0.2) is 5.16 Å². The number of aryl methyl sites for hydroxylation is 1. The lowest BCUT2D eigenvalue weighted by Gasteiger charge is -2.15. The molecule has 1 aromatic heterocycles. The summed E-state index contributed by atoms with van der Waals surface area (Å²) in [6, 6.07) is 14.3. The van der Waals surface area contributed by atoms with Crippen molar-refractivity contribution >= 4 is 34.6 Å². The average molecular weight is 394 g/mol. The summed E-state index contributed by atoms with van der Waals surface area (Å²) in [6.07, 6.45) is 0. The van der Waals surface area contributed by atoms with Gasteiger partial charge in [0.05, 0.1) is 22.3 Å². The van der Waals surface area contributed by atoms with Crippen LogP contribution in [-0.2, 0) is 4.79 Å². The molecule has 1 saturated heterocycles. The van der Waals surface area contributed by atoms with Crippen LogP contribution in [0, 0.1) is 6.92 Å². The van der Waals surface area contributed by atoms with E-state index in [0.717, 1.165) is 17.3 Å². The molecule has 4 rings (SSSR count). The van der Waals surface area contributed by atoms with Gasteiger partial charge in [0, 0.05) is 13.1 Å². The summed E-state index contributed by atoms with van der Waals surface area (Å²) >= 11 is 1.15. The molecule has 0 saturated carbocycles. The lowest BCUT2D eigenvalue weighted by atomic mass is 10.2. The van der Waals surface area contributed by atoms with Crippen molar-refractivity contribution in [1.82, 2.24) is 19.8 Å². The molecule has 1 fully saturated rings. The van der Waals surface area contributed by atoms with Gasteiger partial charge in [-0.25, -0.2) is 9.78 Å². The number of nitrogens with zero attached hydrogens (tertiary/aromatic N) is 3. The second-order valence-corrected chi connectivity index (χ2v) is 7.40. The van der Waals surface area contributed by atoms with Gasteiger partial charge < -0.3 is 5.32 Å². The van der Waals surface area contributed by atoms with Crippen molar-refractivity contribution < 1.29 is 9.59 Å². The van der Waals surface area contributed by atoms with Gasteiger partial charge in [-0.15, -0.1) is 0 Å². The first kappa shape index (κ1) is 18.2. The molecule has 3 aromatic rings. The zero-order valence-corrected chi connectivity index (χ0v) is 16.0. The molecule has 0 unspecified atom stereocenters. The highest BCUT2D eigenvalue weighted by Gasteiger charge is 2.26. The van der Waals surface area contributed by atoms with E-state index in [4.69, 9.17) is 0 Å². The Labute approximate surface area is 165 Å². The predicted octanol–water partition coefficient (Wildman–Crippen LogP) is 2.34. The van der Waals surface area contributed by atoms with Crippen LogP contribution >= 0.6 is 11.8 Å². The first-order valence-electron chi connectivity index (χ1n) is 8.84. The number of imide groups is 1. The Balaban J connectivity index is 1.74. The summed E-state index contributed by atoms with van der Waals surface area (Å²) in [4.78, 5) is 43.0. The van der Waals surface area contributed by atoms with Crippen molar-refractivity contribution in [3.05, 3.63) is 64.4 Å². The van der Waals surface area contributed by atoms with Gasteiger partial charge in [0.2, 0.25) is 5.91 Å². The Bertz CT molecular complexity index is 1120. The van der Waals surface area contributed by atoms with Gasteiger partial charge in [-0.1, -0.05) is 41.6 Å². The Hall–Kier alpha value is -3.13. The molecule has 7 nitrogen and oxygen atoms in total. The molecule has 142 valence electrons. The molecule has 28 heavy (non-hydrogen) atoms. The molecular weight excluding hydrogens is 376 g/mol. The second-order valence-electron chi connectivity index (χ2n) is 6.45. The number of rotatable bonds is 4. The molecule has 1 N–H and O–H groups in total. The van der Waals surface area contributed by atoms with Crippen molar-refractivity contribution in [2.24, 2.45) is 0 Å². The van der Waals surface area contributed by atoms with Gasteiger partial charge in [0.25, 0.3) is 5.56 Å². The average Bonchev–Trinajstić information content (AvgIpc) is 3.13. The molecule has 0 atom stereocenters. The zero-order chi connectivity index (χ0) is 19.7. The van der Waals surface area contributed by atoms with Crippen molar-refractivity contribution in [3.8, 4) is 5.69 Å². The molecule has 2 aromatic carbocycles. The molecule has 1 aliphatic heterocycles. The van der Waals surface area contributed by atoms with Crippen LogP contribution < -0.4 is 10.9 Å². The van der Waals surface area contributed by atoms with Crippen molar-refractivity contribution in [3.63, 3.8) is 0 Å². The summed E-state index contributed by atoms with van der Waals surface area (Å²) in [5, 5.41) is 3.54. The Morgan fingerprint density at radius 1 is 1.14 bits per heavy atom. The first-order valence-corrected chi connectivity index (χ1v) is 9.83. The number of carbonyl (C=O) groups excluding carboxylic acids is 2. The van der Waals surface area contributed by atoms with E-state index < -0.39 is 0 Å². The topological polar surface area (TPSA) is 84.3 Å². The summed E-state index contributed by atoms with van der Waals surface area (Å²) in [5.41, 5.74) is 2.14. The SMILES string of the molecule is Cc1ccc(-n2c(SCC(=O)N3CCNC3=O)nc3ccccc3c2=O)cc1. The van der Waals surface area contributed by atoms with Crippen molar-refractivity contribution in [1.29, 1.82) is 0 Å². The summed E-state index contributed by atoms with van der Waals surface area (Å²) in [6.45, 7) is 2.78. The molecule has 0 spiro atoms. The van der Waals surface area contributed by atoms with E-state index in [1.54, 1.807) is 18.2 Å². The fraction of sp³-hybridized carbons (Fsp3) is 0.200. The number of para-hydroxylation sites is 1. The number of nitrogens with one attached hydrogen (secondary N) is 1. The van der Waals surface area contributed by atoms with Crippen LogP contribution in [0.1, 0.15) is 5.56 Å². The normalized spacial score (nSPS) is 13.8. The number of carbonyl (C=O) groups is 2.